The molecule has 6 heteroatoms. The van der Waals surface area contributed by atoms with Gasteiger partial charge in [-0.1, -0.05) is 44.5 Å². The Balaban J connectivity index is 2.70. The summed E-state index contributed by atoms with van der Waals surface area (Å²) in [6, 6.07) is 7.17. The van der Waals surface area contributed by atoms with E-state index in [1.165, 1.54) is 0 Å². The van der Waals surface area contributed by atoms with Gasteiger partial charge in [-0.15, -0.1) is 0 Å². The molecule has 0 aromatic heterocycles. The summed E-state index contributed by atoms with van der Waals surface area (Å²) in [5, 5.41) is 6.45. The number of thioether (sulfide) groups is 1. The molecule has 24 heavy (non-hydrogen) atoms. The van der Waals surface area contributed by atoms with Crippen LogP contribution >= 0.6 is 23.4 Å². The molecule has 0 unspecified atom stereocenters. The van der Waals surface area contributed by atoms with Gasteiger partial charge in [0.25, 0.3) is 0 Å². The molecule has 0 radical (unpaired) electrons. The van der Waals surface area contributed by atoms with E-state index >= 15 is 0 Å². The van der Waals surface area contributed by atoms with Crippen molar-refractivity contribution in [2.75, 3.05) is 18.6 Å². The second-order valence-corrected chi connectivity index (χ2v) is 7.79. The highest BCUT2D eigenvalue weighted by Crippen LogP contribution is 2.24. The van der Waals surface area contributed by atoms with Gasteiger partial charge in [-0.05, 0) is 36.1 Å². The Kier molecular flexibility index (Phi) is 8.63. The van der Waals surface area contributed by atoms with Crippen LogP contribution < -0.4 is 10.6 Å². The van der Waals surface area contributed by atoms with Gasteiger partial charge in [0, 0.05) is 23.4 Å². The van der Waals surface area contributed by atoms with Crippen LogP contribution in [0.4, 0.5) is 0 Å². The van der Waals surface area contributed by atoms with E-state index in [0.29, 0.717) is 24.4 Å². The lowest BCUT2D eigenvalue weighted by Crippen LogP contribution is -2.49. The molecule has 0 spiro atoms. The van der Waals surface area contributed by atoms with E-state index in [-0.39, 0.29) is 17.2 Å². The van der Waals surface area contributed by atoms with Crippen LogP contribution in [0.2, 0.25) is 5.02 Å². The minimum Gasteiger partial charge on any atom is -0.353 e. The molecular weight excluding hydrogens is 344 g/mol. The second kappa shape index (κ2) is 9.94. The van der Waals surface area contributed by atoms with Gasteiger partial charge in [0.15, 0.2) is 0 Å². The Morgan fingerprint density at radius 3 is 2.62 bits per heavy atom. The number of hydrogen-bond acceptors (Lipinski definition) is 3. The summed E-state index contributed by atoms with van der Waals surface area (Å²) in [6.07, 6.45) is 2.98. The van der Waals surface area contributed by atoms with Crippen molar-refractivity contribution < 1.29 is 9.59 Å². The summed E-state index contributed by atoms with van der Waals surface area (Å²) in [5.74, 6) is 0.575. The summed E-state index contributed by atoms with van der Waals surface area (Å²) >= 11 is 7.72. The lowest BCUT2D eigenvalue weighted by molar-refractivity contribution is -0.129. The number of halogens is 1. The van der Waals surface area contributed by atoms with Crippen molar-refractivity contribution in [3.8, 4) is 0 Å². The summed E-state index contributed by atoms with van der Waals surface area (Å²) in [7, 11) is 0. The van der Waals surface area contributed by atoms with E-state index in [4.69, 9.17) is 11.6 Å². The highest BCUT2D eigenvalue weighted by Gasteiger charge is 2.25. The van der Waals surface area contributed by atoms with Crippen molar-refractivity contribution in [2.24, 2.45) is 0 Å². The van der Waals surface area contributed by atoms with Crippen molar-refractivity contribution in [1.29, 1.82) is 0 Å². The predicted molar refractivity (Wildman–Crippen MR) is 103 cm³/mol. The molecule has 1 aromatic carbocycles. The number of hydrogen-bond donors (Lipinski definition) is 2. The molecule has 0 aliphatic carbocycles. The Bertz CT molecular complexity index is 564. The molecule has 0 fully saturated rings. The average Bonchev–Trinajstić information content (AvgIpc) is 2.56. The topological polar surface area (TPSA) is 58.2 Å². The third kappa shape index (κ3) is 6.73. The third-order valence-electron chi connectivity index (χ3n) is 3.89. The van der Waals surface area contributed by atoms with Gasteiger partial charge in [0.05, 0.1) is 0 Å². The van der Waals surface area contributed by atoms with Crippen LogP contribution in [0.1, 0.15) is 39.2 Å². The number of benzene rings is 1. The van der Waals surface area contributed by atoms with Crippen LogP contribution in [-0.4, -0.2) is 36.4 Å². The van der Waals surface area contributed by atoms with Crippen LogP contribution in [0, 0.1) is 0 Å². The van der Waals surface area contributed by atoms with E-state index < -0.39 is 6.04 Å². The quantitative estimate of drug-likeness (QED) is 0.700. The summed E-state index contributed by atoms with van der Waals surface area (Å²) in [4.78, 5) is 24.1. The molecule has 1 aromatic rings. The molecule has 4 nitrogen and oxygen atoms in total. The van der Waals surface area contributed by atoms with Crippen molar-refractivity contribution in [2.45, 2.75) is 45.1 Å². The zero-order chi connectivity index (χ0) is 18.2. The molecule has 0 heterocycles. The molecule has 0 saturated carbocycles. The SMILES string of the molecule is CCC(=O)N[C@H](CCSC)C(=O)NCC(C)(C)c1cccc(Cl)c1. The predicted octanol–water partition coefficient (Wildman–Crippen LogP) is 3.38. The van der Waals surface area contributed by atoms with Crippen LogP contribution in [0.15, 0.2) is 24.3 Å². The zero-order valence-electron chi connectivity index (χ0n) is 14.8. The van der Waals surface area contributed by atoms with Crippen LogP contribution in [0.25, 0.3) is 0 Å². The lowest BCUT2D eigenvalue weighted by Gasteiger charge is -2.27. The van der Waals surface area contributed by atoms with Crippen LogP contribution in [-0.2, 0) is 15.0 Å². The Morgan fingerprint density at radius 2 is 2.04 bits per heavy atom. The van der Waals surface area contributed by atoms with Gasteiger partial charge >= 0.3 is 0 Å². The molecule has 0 aliphatic heterocycles. The fraction of sp³-hybridized carbons (Fsp3) is 0.556. The van der Waals surface area contributed by atoms with Crippen molar-refractivity contribution in [1.82, 2.24) is 10.6 Å². The van der Waals surface area contributed by atoms with E-state index in [9.17, 15) is 9.59 Å². The smallest absolute Gasteiger partial charge is 0.242 e. The molecule has 0 saturated heterocycles. The monoisotopic (exact) mass is 370 g/mol. The maximum atomic E-state index is 12.5. The fourth-order valence-corrected chi connectivity index (χ4v) is 2.91. The Labute approximate surface area is 154 Å². The molecular formula is C18H27ClN2O2S. The van der Waals surface area contributed by atoms with Crippen LogP contribution in [0.5, 0.6) is 0 Å². The van der Waals surface area contributed by atoms with E-state index in [2.05, 4.69) is 24.5 Å². The van der Waals surface area contributed by atoms with Gasteiger partial charge in [-0.2, -0.15) is 11.8 Å². The number of carbonyl (C=O) groups is 2. The first-order chi connectivity index (χ1) is 11.3. The summed E-state index contributed by atoms with van der Waals surface area (Å²) in [6.45, 7) is 6.37. The second-order valence-electron chi connectivity index (χ2n) is 6.37. The minimum atomic E-state index is -0.486. The molecule has 134 valence electrons. The van der Waals surface area contributed by atoms with Crippen molar-refractivity contribution >= 4 is 35.2 Å². The molecule has 0 aliphatic rings. The number of nitrogens with one attached hydrogen (secondary N) is 2. The van der Waals surface area contributed by atoms with E-state index in [0.717, 1.165) is 11.3 Å². The van der Waals surface area contributed by atoms with Crippen molar-refractivity contribution in [3.05, 3.63) is 34.9 Å². The van der Waals surface area contributed by atoms with Gasteiger partial charge in [-0.3, -0.25) is 9.59 Å². The molecule has 1 rings (SSSR count). The number of carbonyl (C=O) groups excluding carboxylic acids is 2. The maximum absolute atomic E-state index is 12.5. The summed E-state index contributed by atoms with van der Waals surface area (Å²) in [5.41, 5.74) is 0.813. The van der Waals surface area contributed by atoms with E-state index in [1.54, 1.807) is 18.7 Å². The highest BCUT2D eigenvalue weighted by molar-refractivity contribution is 7.98. The van der Waals surface area contributed by atoms with Gasteiger partial charge < -0.3 is 10.6 Å². The normalized spacial score (nSPS) is 12.5. The Hall–Kier alpha value is -1.20. The van der Waals surface area contributed by atoms with Gasteiger partial charge in [-0.25, -0.2) is 0 Å². The highest BCUT2D eigenvalue weighted by atomic mass is 35.5. The fourth-order valence-electron chi connectivity index (χ4n) is 2.24. The molecule has 1 atom stereocenters. The summed E-state index contributed by atoms with van der Waals surface area (Å²) < 4.78 is 0. The maximum Gasteiger partial charge on any atom is 0.242 e. The number of amides is 2. The largest absolute Gasteiger partial charge is 0.353 e. The molecule has 2 amide bonds. The molecule has 0 bridgehead atoms. The molecule has 2 N–H and O–H groups in total. The minimum absolute atomic E-state index is 0.106. The van der Waals surface area contributed by atoms with Crippen LogP contribution in [0.3, 0.4) is 0 Å². The van der Waals surface area contributed by atoms with Gasteiger partial charge in [0.2, 0.25) is 11.8 Å². The first-order valence-corrected chi connectivity index (χ1v) is 9.89. The Morgan fingerprint density at radius 1 is 1.33 bits per heavy atom. The lowest BCUT2D eigenvalue weighted by atomic mass is 9.84. The van der Waals surface area contributed by atoms with Gasteiger partial charge in [0.1, 0.15) is 6.04 Å². The van der Waals surface area contributed by atoms with Crippen molar-refractivity contribution in [3.63, 3.8) is 0 Å². The number of rotatable bonds is 9. The first-order valence-electron chi connectivity index (χ1n) is 8.12. The first kappa shape index (κ1) is 20.8. The standard InChI is InChI=1S/C18H27ClN2O2S/c1-5-16(22)21-15(9-10-24-4)17(23)20-12-18(2,3)13-7-6-8-14(19)11-13/h6-8,11,15H,5,9-10,12H2,1-4H3,(H,20,23)(H,21,22)/t15-/m1/s1. The van der Waals surface area contributed by atoms with E-state index in [1.807, 2.05) is 30.5 Å². The average molecular weight is 371 g/mol. The third-order valence-corrected chi connectivity index (χ3v) is 4.77. The zero-order valence-corrected chi connectivity index (χ0v) is 16.4.